The zero-order valence-electron chi connectivity index (χ0n) is 11.1. The van der Waals surface area contributed by atoms with Gasteiger partial charge in [0.15, 0.2) is 0 Å². The van der Waals surface area contributed by atoms with Crippen molar-refractivity contribution >= 4 is 15.9 Å². The number of aromatic nitrogens is 4. The smallest absolute Gasteiger partial charge is 0.204 e. The molecule has 0 saturated carbocycles. The second-order valence-electron chi connectivity index (χ2n) is 4.71. The third kappa shape index (κ3) is 3.28. The summed E-state index contributed by atoms with van der Waals surface area (Å²) in [7, 11) is 0. The summed E-state index contributed by atoms with van der Waals surface area (Å²) in [6, 6.07) is 13.5. The summed E-state index contributed by atoms with van der Waals surface area (Å²) in [5.74, 6) is 0.924. The van der Waals surface area contributed by atoms with Gasteiger partial charge in [-0.15, -0.1) is 10.2 Å². The Balaban J connectivity index is 1.70. The fourth-order valence-corrected chi connectivity index (χ4v) is 2.55. The van der Waals surface area contributed by atoms with Gasteiger partial charge in [-0.25, -0.2) is 0 Å². The lowest BCUT2D eigenvalue weighted by Gasteiger charge is -2.06. The molecule has 0 aliphatic rings. The van der Waals surface area contributed by atoms with Gasteiger partial charge in [0, 0.05) is 10.0 Å². The zero-order valence-corrected chi connectivity index (χ0v) is 12.7. The van der Waals surface area contributed by atoms with Crippen LogP contribution in [-0.2, 0) is 12.8 Å². The van der Waals surface area contributed by atoms with Crippen molar-refractivity contribution < 1.29 is 5.11 Å². The molecular weight excluding hydrogens is 332 g/mol. The van der Waals surface area contributed by atoms with E-state index in [1.807, 2.05) is 36.4 Å². The minimum absolute atomic E-state index is 0.335. The number of H-pyrrole nitrogens is 1. The van der Waals surface area contributed by atoms with Gasteiger partial charge in [0.05, 0.1) is 0 Å². The maximum absolute atomic E-state index is 9.83. The summed E-state index contributed by atoms with van der Waals surface area (Å²) in [6.07, 6.45) is 1.64. The van der Waals surface area contributed by atoms with Gasteiger partial charge in [-0.1, -0.05) is 40.2 Å². The number of nitrogens with zero attached hydrogens (tertiary/aromatic N) is 3. The molecule has 0 atom stereocenters. The van der Waals surface area contributed by atoms with Crippen molar-refractivity contribution in [1.82, 2.24) is 20.6 Å². The number of tetrazole rings is 1. The van der Waals surface area contributed by atoms with E-state index in [4.69, 9.17) is 0 Å². The number of halogens is 1. The number of phenolic OH excluding ortho intramolecular Hbond substituents is 1. The molecule has 2 N–H and O–H groups in total. The first-order chi connectivity index (χ1) is 10.2. The molecule has 0 spiro atoms. The molecule has 0 fully saturated rings. The molecule has 5 nitrogen and oxygen atoms in total. The van der Waals surface area contributed by atoms with Crippen LogP contribution in [0.3, 0.4) is 0 Å². The predicted molar refractivity (Wildman–Crippen MR) is 82.8 cm³/mol. The number of hydrogen-bond acceptors (Lipinski definition) is 4. The molecular formula is C15H13BrN4O. The van der Waals surface area contributed by atoms with Crippen LogP contribution in [0.15, 0.2) is 46.9 Å². The summed E-state index contributed by atoms with van der Waals surface area (Å²) < 4.78 is 0.975. The molecule has 0 aliphatic heterocycles. The average molecular weight is 345 g/mol. The summed E-state index contributed by atoms with van der Waals surface area (Å²) in [4.78, 5) is 0. The van der Waals surface area contributed by atoms with Gasteiger partial charge in [-0.05, 0) is 47.4 Å². The van der Waals surface area contributed by atoms with E-state index in [1.54, 1.807) is 6.07 Å². The Bertz CT molecular complexity index is 726. The van der Waals surface area contributed by atoms with E-state index in [-0.39, 0.29) is 0 Å². The highest BCUT2D eigenvalue weighted by Gasteiger charge is 2.05. The molecule has 0 radical (unpaired) electrons. The average Bonchev–Trinajstić information content (AvgIpc) is 3.03. The molecule has 3 aromatic rings. The zero-order chi connectivity index (χ0) is 14.7. The van der Waals surface area contributed by atoms with E-state index in [1.165, 1.54) is 5.56 Å². The molecule has 106 valence electrons. The number of nitrogens with one attached hydrogen (secondary N) is 1. The number of aromatic amines is 1. The Hall–Kier alpha value is -2.21. The fourth-order valence-electron chi connectivity index (χ4n) is 2.14. The standard InChI is InChI=1S/C15H13BrN4O/c16-13-7-8-14(21)12(9-13)6-3-10-1-4-11(5-2-10)15-17-19-20-18-15/h1-2,4-5,7-9,21H,3,6H2,(H,17,18,19,20). The number of rotatable bonds is 4. The summed E-state index contributed by atoms with van der Waals surface area (Å²) >= 11 is 3.42. The second-order valence-corrected chi connectivity index (χ2v) is 5.62. The highest BCUT2D eigenvalue weighted by atomic mass is 79.9. The van der Waals surface area contributed by atoms with Gasteiger partial charge in [-0.3, -0.25) is 0 Å². The molecule has 6 heteroatoms. The first-order valence-corrected chi connectivity index (χ1v) is 7.32. The van der Waals surface area contributed by atoms with Crippen LogP contribution in [0, 0.1) is 0 Å². The molecule has 21 heavy (non-hydrogen) atoms. The van der Waals surface area contributed by atoms with Crippen molar-refractivity contribution in [2.24, 2.45) is 0 Å². The van der Waals surface area contributed by atoms with Crippen LogP contribution in [0.25, 0.3) is 11.4 Å². The lowest BCUT2D eigenvalue weighted by Crippen LogP contribution is -1.92. The Kier molecular flexibility index (Phi) is 3.96. The maximum atomic E-state index is 9.83. The molecule has 1 aromatic heterocycles. The van der Waals surface area contributed by atoms with Crippen LogP contribution in [0.4, 0.5) is 0 Å². The summed E-state index contributed by atoms with van der Waals surface area (Å²) in [5, 5.41) is 23.7. The van der Waals surface area contributed by atoms with Gasteiger partial charge in [-0.2, -0.15) is 5.21 Å². The number of phenols is 1. The van der Waals surface area contributed by atoms with Crippen molar-refractivity contribution in [1.29, 1.82) is 0 Å². The lowest BCUT2D eigenvalue weighted by molar-refractivity contribution is 0.468. The topological polar surface area (TPSA) is 74.7 Å². The van der Waals surface area contributed by atoms with Gasteiger partial charge in [0.25, 0.3) is 0 Å². The largest absolute Gasteiger partial charge is 0.508 e. The van der Waals surface area contributed by atoms with Crippen molar-refractivity contribution in [3.8, 4) is 17.1 Å². The summed E-state index contributed by atoms with van der Waals surface area (Å²) in [5.41, 5.74) is 3.06. The van der Waals surface area contributed by atoms with E-state index in [2.05, 4.69) is 36.6 Å². The van der Waals surface area contributed by atoms with Crippen molar-refractivity contribution in [2.45, 2.75) is 12.8 Å². The van der Waals surface area contributed by atoms with E-state index < -0.39 is 0 Å². The van der Waals surface area contributed by atoms with Crippen LogP contribution < -0.4 is 0 Å². The fraction of sp³-hybridized carbons (Fsp3) is 0.133. The SMILES string of the molecule is Oc1ccc(Br)cc1CCc1ccc(-c2nn[nH]n2)cc1. The predicted octanol–water partition coefficient (Wildman–Crippen LogP) is 3.12. The Labute approximate surface area is 130 Å². The molecule has 0 saturated heterocycles. The molecule has 0 amide bonds. The number of hydrogen-bond donors (Lipinski definition) is 2. The van der Waals surface area contributed by atoms with Crippen molar-refractivity contribution in [3.05, 3.63) is 58.1 Å². The highest BCUT2D eigenvalue weighted by molar-refractivity contribution is 9.10. The Morgan fingerprint density at radius 2 is 1.86 bits per heavy atom. The molecule has 0 unspecified atom stereocenters. The van der Waals surface area contributed by atoms with Gasteiger partial charge < -0.3 is 5.11 Å². The van der Waals surface area contributed by atoms with Crippen LogP contribution in [0.2, 0.25) is 0 Å². The van der Waals surface area contributed by atoms with Crippen LogP contribution in [-0.4, -0.2) is 25.7 Å². The quantitative estimate of drug-likeness (QED) is 0.762. The highest BCUT2D eigenvalue weighted by Crippen LogP contribution is 2.23. The Morgan fingerprint density at radius 1 is 1.05 bits per heavy atom. The van der Waals surface area contributed by atoms with Crippen LogP contribution in [0.1, 0.15) is 11.1 Å². The first kappa shape index (κ1) is 13.8. The number of aromatic hydroxyl groups is 1. The normalized spacial score (nSPS) is 10.7. The Morgan fingerprint density at radius 3 is 2.57 bits per heavy atom. The van der Waals surface area contributed by atoms with E-state index >= 15 is 0 Å². The number of aryl methyl sites for hydroxylation is 2. The van der Waals surface area contributed by atoms with Crippen LogP contribution in [0.5, 0.6) is 5.75 Å². The third-order valence-electron chi connectivity index (χ3n) is 3.28. The van der Waals surface area contributed by atoms with E-state index in [9.17, 15) is 5.11 Å². The van der Waals surface area contributed by atoms with Gasteiger partial charge in [0.1, 0.15) is 5.75 Å². The molecule has 3 rings (SSSR count). The minimum atomic E-state index is 0.335. The lowest BCUT2D eigenvalue weighted by atomic mass is 10.0. The van der Waals surface area contributed by atoms with E-state index in [0.717, 1.165) is 28.4 Å². The van der Waals surface area contributed by atoms with Gasteiger partial charge in [0.2, 0.25) is 5.82 Å². The van der Waals surface area contributed by atoms with Crippen molar-refractivity contribution in [3.63, 3.8) is 0 Å². The molecule has 0 aliphatic carbocycles. The molecule has 1 heterocycles. The second kappa shape index (κ2) is 6.05. The maximum Gasteiger partial charge on any atom is 0.204 e. The van der Waals surface area contributed by atoms with E-state index in [0.29, 0.717) is 11.6 Å². The summed E-state index contributed by atoms with van der Waals surface area (Å²) in [6.45, 7) is 0. The van der Waals surface area contributed by atoms with Gasteiger partial charge >= 0.3 is 0 Å². The first-order valence-electron chi connectivity index (χ1n) is 6.52. The third-order valence-corrected chi connectivity index (χ3v) is 3.78. The monoisotopic (exact) mass is 344 g/mol. The number of benzene rings is 2. The minimum Gasteiger partial charge on any atom is -0.508 e. The molecule has 2 aromatic carbocycles. The molecule has 0 bridgehead atoms. The van der Waals surface area contributed by atoms with Crippen LogP contribution >= 0.6 is 15.9 Å². The van der Waals surface area contributed by atoms with Crippen molar-refractivity contribution in [2.75, 3.05) is 0 Å².